The minimum Gasteiger partial charge on any atom is -0.480 e. The van der Waals surface area contributed by atoms with Crippen molar-refractivity contribution in [1.29, 1.82) is 0 Å². The monoisotopic (exact) mass is 277 g/mol. The minimum absolute atomic E-state index is 0.0834. The molecule has 5 nitrogen and oxygen atoms in total. The summed E-state index contributed by atoms with van der Waals surface area (Å²) in [5, 5.41) is 11.6. The molecule has 0 saturated carbocycles. The number of hydrogen-bond donors (Lipinski definition) is 2. The Hall–Kier alpha value is -2.17. The highest BCUT2D eigenvalue weighted by molar-refractivity contribution is 5.99. The van der Waals surface area contributed by atoms with Crippen molar-refractivity contribution >= 4 is 17.7 Å². The van der Waals surface area contributed by atoms with E-state index in [4.69, 9.17) is 5.11 Å². The van der Waals surface area contributed by atoms with Crippen molar-refractivity contribution in [2.75, 3.05) is 0 Å². The van der Waals surface area contributed by atoms with Crippen LogP contribution in [-0.2, 0) is 4.79 Å². The normalized spacial score (nSPS) is 13.3. The molecule has 0 aliphatic carbocycles. The second-order valence-corrected chi connectivity index (χ2v) is 4.81. The van der Waals surface area contributed by atoms with Crippen LogP contribution in [0.15, 0.2) is 24.3 Å². The molecule has 1 rings (SSSR count). The molecule has 0 aliphatic heterocycles. The zero-order chi connectivity index (χ0) is 15.3. The van der Waals surface area contributed by atoms with E-state index in [1.807, 2.05) is 6.92 Å². The van der Waals surface area contributed by atoms with Gasteiger partial charge in [-0.15, -0.1) is 0 Å². The van der Waals surface area contributed by atoms with Crippen molar-refractivity contribution in [3.8, 4) is 0 Å². The summed E-state index contributed by atoms with van der Waals surface area (Å²) in [5.41, 5.74) is 0.850. The van der Waals surface area contributed by atoms with E-state index in [1.165, 1.54) is 19.1 Å². The largest absolute Gasteiger partial charge is 0.480 e. The predicted octanol–water partition coefficient (Wildman–Crippen LogP) is 2.12. The minimum atomic E-state index is -1.05. The van der Waals surface area contributed by atoms with Crippen molar-refractivity contribution in [2.24, 2.45) is 5.92 Å². The molecule has 108 valence electrons. The number of Topliss-reactive ketones (excluding diaryl/α,β-unsaturated/α-hetero) is 1. The maximum absolute atomic E-state index is 12.0. The van der Waals surface area contributed by atoms with Gasteiger partial charge in [-0.25, -0.2) is 4.79 Å². The summed E-state index contributed by atoms with van der Waals surface area (Å²) in [6.07, 6.45) is 0.653. The number of carbonyl (C=O) groups is 3. The van der Waals surface area contributed by atoms with Gasteiger partial charge >= 0.3 is 5.97 Å². The van der Waals surface area contributed by atoms with Crippen LogP contribution in [0.5, 0.6) is 0 Å². The quantitative estimate of drug-likeness (QED) is 0.780. The number of carboxylic acid groups (broad SMARTS) is 1. The molecule has 2 atom stereocenters. The van der Waals surface area contributed by atoms with Gasteiger partial charge in [0.25, 0.3) is 5.91 Å². The first-order chi connectivity index (χ1) is 9.36. The van der Waals surface area contributed by atoms with Gasteiger partial charge in [-0.05, 0) is 25.0 Å². The standard InChI is InChI=1S/C15H19NO4/c1-4-9(2)13(15(19)20)16-14(18)12-7-5-11(6-8-12)10(3)17/h5-9,13H,4H2,1-3H3,(H,16,18)(H,19,20). The van der Waals surface area contributed by atoms with Gasteiger partial charge in [0, 0.05) is 11.1 Å². The van der Waals surface area contributed by atoms with Gasteiger partial charge in [0.05, 0.1) is 0 Å². The van der Waals surface area contributed by atoms with Crippen LogP contribution in [0.4, 0.5) is 0 Å². The zero-order valence-electron chi connectivity index (χ0n) is 11.8. The molecule has 0 radical (unpaired) electrons. The Morgan fingerprint density at radius 3 is 2.05 bits per heavy atom. The summed E-state index contributed by atoms with van der Waals surface area (Å²) in [6.45, 7) is 5.09. The van der Waals surface area contributed by atoms with Crippen molar-refractivity contribution in [2.45, 2.75) is 33.2 Å². The molecular weight excluding hydrogens is 258 g/mol. The fourth-order valence-electron chi connectivity index (χ4n) is 1.76. The van der Waals surface area contributed by atoms with Gasteiger partial charge in [0.2, 0.25) is 0 Å². The van der Waals surface area contributed by atoms with E-state index in [0.717, 1.165) is 0 Å². The van der Waals surface area contributed by atoms with Crippen LogP contribution in [0, 0.1) is 5.92 Å². The molecule has 20 heavy (non-hydrogen) atoms. The van der Waals surface area contributed by atoms with Gasteiger partial charge in [-0.2, -0.15) is 0 Å². The van der Waals surface area contributed by atoms with Crippen LogP contribution in [-0.4, -0.2) is 28.8 Å². The molecule has 0 aromatic heterocycles. The molecule has 0 aliphatic rings. The number of carbonyl (C=O) groups excluding carboxylic acids is 2. The fourth-order valence-corrected chi connectivity index (χ4v) is 1.76. The Balaban J connectivity index is 2.83. The third kappa shape index (κ3) is 3.91. The third-order valence-corrected chi connectivity index (χ3v) is 3.32. The Morgan fingerprint density at radius 1 is 1.15 bits per heavy atom. The summed E-state index contributed by atoms with van der Waals surface area (Å²) in [5.74, 6) is -1.74. The van der Waals surface area contributed by atoms with E-state index in [2.05, 4.69) is 5.32 Å². The predicted molar refractivity (Wildman–Crippen MR) is 74.8 cm³/mol. The fraction of sp³-hybridized carbons (Fsp3) is 0.400. The lowest BCUT2D eigenvalue weighted by Crippen LogP contribution is -2.45. The maximum Gasteiger partial charge on any atom is 0.326 e. The van der Waals surface area contributed by atoms with E-state index in [-0.39, 0.29) is 11.7 Å². The number of amides is 1. The summed E-state index contributed by atoms with van der Waals surface area (Å²) in [7, 11) is 0. The zero-order valence-corrected chi connectivity index (χ0v) is 11.8. The van der Waals surface area contributed by atoms with Crippen LogP contribution in [0.25, 0.3) is 0 Å². The number of aliphatic carboxylic acids is 1. The Labute approximate surface area is 118 Å². The Kier molecular flexibility index (Phi) is 5.43. The van der Waals surface area contributed by atoms with Gasteiger partial charge in [-0.1, -0.05) is 32.4 Å². The number of hydrogen-bond acceptors (Lipinski definition) is 3. The maximum atomic E-state index is 12.0. The molecule has 2 N–H and O–H groups in total. The average molecular weight is 277 g/mol. The molecule has 1 aromatic rings. The number of ketones is 1. The highest BCUT2D eigenvalue weighted by Gasteiger charge is 2.25. The topological polar surface area (TPSA) is 83.5 Å². The molecule has 1 aromatic carbocycles. The van der Waals surface area contributed by atoms with E-state index < -0.39 is 17.9 Å². The summed E-state index contributed by atoms with van der Waals surface area (Å²) in [6, 6.07) is 5.22. The first kappa shape index (κ1) is 15.9. The number of benzene rings is 1. The molecule has 0 spiro atoms. The first-order valence-corrected chi connectivity index (χ1v) is 6.51. The lowest BCUT2D eigenvalue weighted by Gasteiger charge is -2.20. The SMILES string of the molecule is CCC(C)C(NC(=O)c1ccc(C(C)=O)cc1)C(=O)O. The smallest absolute Gasteiger partial charge is 0.326 e. The first-order valence-electron chi connectivity index (χ1n) is 6.51. The van der Waals surface area contributed by atoms with E-state index in [9.17, 15) is 14.4 Å². The van der Waals surface area contributed by atoms with Crippen LogP contribution in [0.3, 0.4) is 0 Å². The van der Waals surface area contributed by atoms with Crippen molar-refractivity contribution < 1.29 is 19.5 Å². The second-order valence-electron chi connectivity index (χ2n) is 4.81. The molecule has 5 heteroatoms. The highest BCUT2D eigenvalue weighted by Crippen LogP contribution is 2.10. The van der Waals surface area contributed by atoms with Gasteiger partial charge in [0.1, 0.15) is 6.04 Å². The molecule has 0 fully saturated rings. The van der Waals surface area contributed by atoms with Gasteiger partial charge in [0.15, 0.2) is 5.78 Å². The molecule has 0 bridgehead atoms. The Morgan fingerprint density at radius 2 is 1.65 bits per heavy atom. The van der Waals surface area contributed by atoms with Crippen LogP contribution >= 0.6 is 0 Å². The third-order valence-electron chi connectivity index (χ3n) is 3.32. The summed E-state index contributed by atoms with van der Waals surface area (Å²) >= 11 is 0. The van der Waals surface area contributed by atoms with Crippen molar-refractivity contribution in [3.05, 3.63) is 35.4 Å². The van der Waals surface area contributed by atoms with Crippen molar-refractivity contribution in [3.63, 3.8) is 0 Å². The van der Waals surface area contributed by atoms with Crippen LogP contribution in [0.1, 0.15) is 47.9 Å². The molecular formula is C15H19NO4. The number of rotatable bonds is 6. The summed E-state index contributed by atoms with van der Waals surface area (Å²) < 4.78 is 0. The van der Waals surface area contributed by atoms with Gasteiger partial charge < -0.3 is 10.4 Å². The molecule has 0 saturated heterocycles. The highest BCUT2D eigenvalue weighted by atomic mass is 16.4. The Bertz CT molecular complexity index is 507. The molecule has 1 amide bonds. The molecule has 0 heterocycles. The van der Waals surface area contributed by atoms with Crippen molar-refractivity contribution in [1.82, 2.24) is 5.32 Å². The van der Waals surface area contributed by atoms with Gasteiger partial charge in [-0.3, -0.25) is 9.59 Å². The number of carboxylic acids is 1. The molecule has 2 unspecified atom stereocenters. The van der Waals surface area contributed by atoms with Crippen LogP contribution < -0.4 is 5.32 Å². The van der Waals surface area contributed by atoms with Crippen LogP contribution in [0.2, 0.25) is 0 Å². The van der Waals surface area contributed by atoms with E-state index >= 15 is 0 Å². The second kappa shape index (κ2) is 6.84. The van der Waals surface area contributed by atoms with E-state index in [1.54, 1.807) is 19.1 Å². The lowest BCUT2D eigenvalue weighted by molar-refractivity contribution is -0.140. The summed E-state index contributed by atoms with van der Waals surface area (Å²) in [4.78, 5) is 34.3. The average Bonchev–Trinajstić information content (AvgIpc) is 2.43. The van der Waals surface area contributed by atoms with E-state index in [0.29, 0.717) is 17.5 Å². The number of nitrogens with one attached hydrogen (secondary N) is 1. The lowest BCUT2D eigenvalue weighted by atomic mass is 9.99.